The first-order valence-electron chi connectivity index (χ1n) is 3.55. The maximum atomic E-state index is 12.5. The predicted molar refractivity (Wildman–Crippen MR) is 40.4 cm³/mol. The molecule has 3 heteroatoms. The zero-order chi connectivity index (χ0) is 8.97. The lowest BCUT2D eigenvalue weighted by Gasteiger charge is -1.99. The van der Waals surface area contributed by atoms with Crippen molar-refractivity contribution in [3.05, 3.63) is 42.1 Å². The second kappa shape index (κ2) is 4.14. The largest absolute Gasteiger partial charge is 0.239 e. The number of hydrogen-bond acceptors (Lipinski definition) is 0. The molecule has 1 aromatic rings. The van der Waals surface area contributed by atoms with Crippen molar-refractivity contribution >= 4 is 0 Å². The Balaban J connectivity index is 2.52. The molecule has 12 heavy (non-hydrogen) atoms. The van der Waals surface area contributed by atoms with Crippen molar-refractivity contribution in [2.45, 2.75) is 12.8 Å². The van der Waals surface area contributed by atoms with Gasteiger partial charge in [-0.2, -0.15) is 0 Å². The topological polar surface area (TPSA) is 0 Å². The highest BCUT2D eigenvalue weighted by atomic mass is 19.3. The number of rotatable bonds is 3. The Labute approximate surface area is 69.0 Å². The Morgan fingerprint density at radius 1 is 1.33 bits per heavy atom. The van der Waals surface area contributed by atoms with Crippen LogP contribution in [0.3, 0.4) is 0 Å². The second-order valence-electron chi connectivity index (χ2n) is 2.39. The van der Waals surface area contributed by atoms with E-state index in [1.807, 2.05) is 0 Å². The summed E-state index contributed by atoms with van der Waals surface area (Å²) in [6, 6.07) is 5.58. The molecule has 0 unspecified atom stereocenters. The van der Waals surface area contributed by atoms with Crippen molar-refractivity contribution in [1.82, 2.24) is 0 Å². The lowest BCUT2D eigenvalue weighted by Crippen LogP contribution is -1.92. The number of halogens is 3. The van der Waals surface area contributed by atoms with Crippen molar-refractivity contribution < 1.29 is 13.2 Å². The average molecular weight is 173 g/mol. The fourth-order valence-electron chi connectivity index (χ4n) is 0.859. The molecule has 0 bridgehead atoms. The molecule has 0 spiro atoms. The van der Waals surface area contributed by atoms with Crippen LogP contribution < -0.4 is 0 Å². The Morgan fingerprint density at radius 2 is 2.08 bits per heavy atom. The van der Waals surface area contributed by atoms with E-state index in [2.05, 4.69) is 0 Å². The molecule has 0 saturated heterocycles. The maximum Gasteiger partial charge on any atom is 0.239 e. The van der Waals surface area contributed by atoms with Gasteiger partial charge in [0, 0.05) is 6.42 Å². The van der Waals surface area contributed by atoms with E-state index in [4.69, 9.17) is 0 Å². The summed E-state index contributed by atoms with van der Waals surface area (Å²) in [6.45, 7) is 0. The first-order chi connectivity index (χ1) is 5.68. The minimum atomic E-state index is -2.37. The monoisotopic (exact) mass is 173 g/mol. The minimum absolute atomic E-state index is 0.330. The Morgan fingerprint density at radius 3 is 2.67 bits per heavy atom. The van der Waals surface area contributed by atoms with Crippen molar-refractivity contribution in [3.63, 3.8) is 0 Å². The summed E-state index contributed by atoms with van der Waals surface area (Å²) in [5.74, 6) is -0.405. The average Bonchev–Trinajstić information content (AvgIpc) is 2.01. The highest BCUT2D eigenvalue weighted by Crippen LogP contribution is 2.11. The minimum Gasteiger partial charge on any atom is -0.211 e. The highest BCUT2D eigenvalue weighted by molar-refractivity contribution is 5.23. The van der Waals surface area contributed by atoms with Gasteiger partial charge in [-0.1, -0.05) is 12.1 Å². The van der Waals surface area contributed by atoms with Crippen LogP contribution in [0.2, 0.25) is 0 Å². The molecule has 0 aliphatic carbocycles. The smallest absolute Gasteiger partial charge is 0.211 e. The molecule has 0 fully saturated rings. The van der Waals surface area contributed by atoms with Crippen LogP contribution >= 0.6 is 0 Å². The van der Waals surface area contributed by atoms with E-state index >= 15 is 0 Å². The van der Waals surface area contributed by atoms with Crippen molar-refractivity contribution in [1.29, 1.82) is 0 Å². The first kappa shape index (κ1) is 9.10. The summed E-state index contributed by atoms with van der Waals surface area (Å²) in [4.78, 5) is 0. The molecule has 0 nitrogen and oxygen atoms in total. The van der Waals surface area contributed by atoms with Gasteiger partial charge in [0.05, 0.1) is 0 Å². The van der Waals surface area contributed by atoms with Gasteiger partial charge in [-0.05, 0) is 24.1 Å². The first-order valence-corrected chi connectivity index (χ1v) is 3.55. The van der Waals surface area contributed by atoms with Gasteiger partial charge in [0.25, 0.3) is 0 Å². The standard InChI is InChI=1S/C9H8F3/c10-8-3-1-2-7(6-8)4-5-9(11)12/h1-4,6,9H,5H2. The molecular formula is C9H8F3. The van der Waals surface area contributed by atoms with Crippen LogP contribution in [0.5, 0.6) is 0 Å². The van der Waals surface area contributed by atoms with Crippen LogP contribution in [0.15, 0.2) is 24.3 Å². The van der Waals surface area contributed by atoms with Gasteiger partial charge in [0.1, 0.15) is 5.82 Å². The van der Waals surface area contributed by atoms with Gasteiger partial charge < -0.3 is 0 Å². The van der Waals surface area contributed by atoms with E-state index in [-0.39, 0.29) is 6.42 Å². The van der Waals surface area contributed by atoms with Crippen LogP contribution in [0.25, 0.3) is 0 Å². The Hall–Kier alpha value is -0.990. The number of alkyl halides is 2. The summed E-state index contributed by atoms with van der Waals surface area (Å²) in [7, 11) is 0. The van der Waals surface area contributed by atoms with Crippen molar-refractivity contribution in [2.75, 3.05) is 0 Å². The molecule has 0 aliphatic rings. The zero-order valence-corrected chi connectivity index (χ0v) is 6.31. The van der Waals surface area contributed by atoms with Gasteiger partial charge in [0.15, 0.2) is 0 Å². The summed E-state index contributed by atoms with van der Waals surface area (Å²) in [6.07, 6.45) is -1.38. The molecule has 0 N–H and O–H groups in total. The van der Waals surface area contributed by atoms with Gasteiger partial charge in [0.2, 0.25) is 6.43 Å². The predicted octanol–water partition coefficient (Wildman–Crippen LogP) is 3.03. The Kier molecular flexibility index (Phi) is 3.14. The summed E-state index contributed by atoms with van der Waals surface area (Å²) >= 11 is 0. The second-order valence-corrected chi connectivity index (χ2v) is 2.39. The summed E-state index contributed by atoms with van der Waals surface area (Å²) in [5, 5.41) is 0. The molecule has 1 aromatic carbocycles. The SMILES string of the molecule is Fc1cccc([CH]CC(F)F)c1. The third-order valence-corrected chi connectivity index (χ3v) is 1.38. The van der Waals surface area contributed by atoms with Gasteiger partial charge in [-0.15, -0.1) is 0 Å². The van der Waals surface area contributed by atoms with E-state index in [0.717, 1.165) is 0 Å². The molecular weight excluding hydrogens is 165 g/mol. The molecule has 65 valence electrons. The van der Waals surface area contributed by atoms with Crippen LogP contribution in [0.4, 0.5) is 13.2 Å². The van der Waals surface area contributed by atoms with Gasteiger partial charge in [-0.3, -0.25) is 0 Å². The summed E-state index contributed by atoms with van der Waals surface area (Å²) < 4.78 is 35.9. The maximum absolute atomic E-state index is 12.5. The Bertz CT molecular complexity index is 245. The summed E-state index contributed by atoms with van der Waals surface area (Å²) in [5.41, 5.74) is 0.496. The normalized spacial score (nSPS) is 10.7. The molecule has 1 rings (SSSR count). The van der Waals surface area contributed by atoms with Crippen LogP contribution in [0.1, 0.15) is 12.0 Å². The highest BCUT2D eigenvalue weighted by Gasteiger charge is 2.03. The fraction of sp³-hybridized carbons (Fsp3) is 0.222. The van der Waals surface area contributed by atoms with Crippen molar-refractivity contribution in [2.24, 2.45) is 0 Å². The van der Waals surface area contributed by atoms with E-state index in [0.29, 0.717) is 5.56 Å². The van der Waals surface area contributed by atoms with Gasteiger partial charge >= 0.3 is 0 Å². The van der Waals surface area contributed by atoms with E-state index in [1.54, 1.807) is 6.07 Å². The molecule has 0 amide bonds. The fourth-order valence-corrected chi connectivity index (χ4v) is 0.859. The van der Waals surface area contributed by atoms with Crippen LogP contribution in [-0.2, 0) is 0 Å². The van der Waals surface area contributed by atoms with E-state index < -0.39 is 12.2 Å². The lowest BCUT2D eigenvalue weighted by molar-refractivity contribution is 0.148. The van der Waals surface area contributed by atoms with Crippen LogP contribution in [-0.4, -0.2) is 6.43 Å². The molecule has 0 aromatic heterocycles. The van der Waals surface area contributed by atoms with Crippen molar-refractivity contribution in [3.8, 4) is 0 Å². The molecule has 0 saturated carbocycles. The third kappa shape index (κ3) is 2.95. The quantitative estimate of drug-likeness (QED) is 0.659. The zero-order valence-electron chi connectivity index (χ0n) is 6.31. The van der Waals surface area contributed by atoms with E-state index in [1.165, 1.54) is 24.6 Å². The van der Waals surface area contributed by atoms with Gasteiger partial charge in [-0.25, -0.2) is 13.2 Å². The van der Waals surface area contributed by atoms with Crippen LogP contribution in [0, 0.1) is 12.2 Å². The lowest BCUT2D eigenvalue weighted by atomic mass is 10.1. The molecule has 0 atom stereocenters. The molecule has 1 radical (unpaired) electrons. The molecule has 0 aliphatic heterocycles. The number of benzene rings is 1. The third-order valence-electron chi connectivity index (χ3n) is 1.38. The molecule has 0 heterocycles. The number of hydrogen-bond donors (Lipinski definition) is 0. The van der Waals surface area contributed by atoms with E-state index in [9.17, 15) is 13.2 Å².